The number of phenolic OH excluding ortho intramolecular Hbond substituents is 2. The number of unbranched alkanes of at least 4 members (excludes halogenated alkanes) is 5. The number of rotatable bonds is 15. The van der Waals surface area contributed by atoms with Crippen molar-refractivity contribution in [3.05, 3.63) is 46.5 Å². The van der Waals surface area contributed by atoms with Crippen LogP contribution < -0.4 is 9.47 Å². The molecule has 0 atom stereocenters. The molecule has 0 saturated heterocycles. The Hall–Kier alpha value is -2.65. The van der Waals surface area contributed by atoms with Crippen molar-refractivity contribution in [1.29, 1.82) is 0 Å². The molecule has 0 aliphatic carbocycles. The monoisotopic (exact) mass is 725 g/mol. The van der Waals surface area contributed by atoms with Crippen LogP contribution in [0.3, 0.4) is 0 Å². The maximum atomic E-state index is 11.3. The molecule has 7 nitrogen and oxygen atoms in total. The molecule has 0 radical (unpaired) electrons. The SMILES string of the molecule is CCCCCCCCSCCSc1nc(Oc2cc(C(C)(C)C)c(O)c(C(C)(C)C)c2)nc(Oc2cc(C(C)(C)C)c(O)c(C(C)(C)C)c2)n1. The van der Waals surface area contributed by atoms with Crippen molar-refractivity contribution < 1.29 is 19.7 Å². The molecule has 3 rings (SSSR count). The Labute approximate surface area is 311 Å². The molecule has 0 unspecified atom stereocenters. The summed E-state index contributed by atoms with van der Waals surface area (Å²) in [7, 11) is 0. The number of phenols is 2. The lowest BCUT2D eigenvalue weighted by Gasteiger charge is -2.28. The molecule has 0 saturated carbocycles. The first-order valence-corrected chi connectivity index (χ1v) is 20.3. The fourth-order valence-electron chi connectivity index (χ4n) is 5.59. The fourth-order valence-corrected chi connectivity index (χ4v) is 7.47. The zero-order valence-electron chi connectivity index (χ0n) is 33.0. The van der Waals surface area contributed by atoms with Gasteiger partial charge < -0.3 is 19.7 Å². The summed E-state index contributed by atoms with van der Waals surface area (Å²) in [4.78, 5) is 14.0. The largest absolute Gasteiger partial charge is 0.507 e. The van der Waals surface area contributed by atoms with Crippen LogP contribution in [0.5, 0.6) is 35.0 Å². The van der Waals surface area contributed by atoms with Crippen molar-refractivity contribution >= 4 is 23.5 Å². The molecule has 1 aromatic heterocycles. The van der Waals surface area contributed by atoms with Gasteiger partial charge in [0.15, 0.2) is 5.16 Å². The highest BCUT2D eigenvalue weighted by Crippen LogP contribution is 2.44. The fraction of sp³-hybridized carbons (Fsp3) is 0.634. The second kappa shape index (κ2) is 17.2. The molecule has 3 aromatic rings. The van der Waals surface area contributed by atoms with Crippen molar-refractivity contribution in [1.82, 2.24) is 15.0 Å². The minimum Gasteiger partial charge on any atom is -0.507 e. The third-order valence-corrected chi connectivity index (χ3v) is 10.7. The Morgan fingerprint density at radius 2 is 0.900 bits per heavy atom. The number of nitrogens with zero attached hydrogens (tertiary/aromatic N) is 3. The van der Waals surface area contributed by atoms with E-state index in [1.54, 1.807) is 11.8 Å². The Morgan fingerprint density at radius 1 is 0.520 bits per heavy atom. The molecule has 2 aromatic carbocycles. The van der Waals surface area contributed by atoms with Gasteiger partial charge in [-0.05, 0) is 58.1 Å². The number of aromatic nitrogens is 3. The van der Waals surface area contributed by atoms with Crippen LogP contribution in [0.25, 0.3) is 0 Å². The molecule has 0 spiro atoms. The number of thioether (sulfide) groups is 2. The smallest absolute Gasteiger partial charge is 0.329 e. The van der Waals surface area contributed by atoms with Crippen molar-refractivity contribution in [2.45, 2.75) is 155 Å². The summed E-state index contributed by atoms with van der Waals surface area (Å²) in [5.74, 6) is 4.62. The molecule has 0 aliphatic heterocycles. The predicted octanol–water partition coefficient (Wildman–Crippen LogP) is 12.2. The van der Waals surface area contributed by atoms with E-state index in [1.807, 2.05) is 36.0 Å². The summed E-state index contributed by atoms with van der Waals surface area (Å²) < 4.78 is 12.8. The van der Waals surface area contributed by atoms with Gasteiger partial charge in [-0.1, -0.05) is 134 Å². The second-order valence-electron chi connectivity index (χ2n) is 17.3. The van der Waals surface area contributed by atoms with Crippen LogP contribution in [0.2, 0.25) is 0 Å². The molecule has 0 aliphatic rings. The van der Waals surface area contributed by atoms with E-state index in [-0.39, 0.29) is 45.2 Å². The highest BCUT2D eigenvalue weighted by atomic mass is 32.2. The number of hydrogen-bond acceptors (Lipinski definition) is 9. The molecule has 2 N–H and O–H groups in total. The zero-order chi connectivity index (χ0) is 37.5. The lowest BCUT2D eigenvalue weighted by Crippen LogP contribution is -2.17. The third kappa shape index (κ3) is 12.2. The van der Waals surface area contributed by atoms with E-state index in [0.717, 1.165) is 39.5 Å². The Kier molecular flexibility index (Phi) is 14.4. The van der Waals surface area contributed by atoms with Crippen LogP contribution in [-0.2, 0) is 21.7 Å². The van der Waals surface area contributed by atoms with Crippen LogP contribution in [0.4, 0.5) is 0 Å². The maximum absolute atomic E-state index is 11.3. The van der Waals surface area contributed by atoms with E-state index in [9.17, 15) is 10.2 Å². The number of hydrogen-bond donors (Lipinski definition) is 2. The summed E-state index contributed by atoms with van der Waals surface area (Å²) in [6, 6.07) is 7.71. The first kappa shape index (κ1) is 41.8. The second-order valence-corrected chi connectivity index (χ2v) is 19.6. The normalized spacial score (nSPS) is 12.7. The van der Waals surface area contributed by atoms with Crippen molar-refractivity contribution in [3.63, 3.8) is 0 Å². The van der Waals surface area contributed by atoms with Crippen molar-refractivity contribution in [3.8, 4) is 35.0 Å². The van der Waals surface area contributed by atoms with Gasteiger partial charge in [-0.15, -0.1) is 4.98 Å². The summed E-state index contributed by atoms with van der Waals surface area (Å²) in [6.45, 7) is 27.1. The van der Waals surface area contributed by atoms with E-state index >= 15 is 0 Å². The predicted molar refractivity (Wildman–Crippen MR) is 212 cm³/mol. The van der Waals surface area contributed by atoms with E-state index in [0.29, 0.717) is 16.7 Å². The highest BCUT2D eigenvalue weighted by molar-refractivity contribution is 8.02. The van der Waals surface area contributed by atoms with Crippen LogP contribution in [0.15, 0.2) is 29.4 Å². The van der Waals surface area contributed by atoms with Gasteiger partial charge in [0, 0.05) is 33.8 Å². The Morgan fingerprint density at radius 3 is 1.28 bits per heavy atom. The Bertz CT molecular complexity index is 1390. The zero-order valence-corrected chi connectivity index (χ0v) is 34.7. The highest BCUT2D eigenvalue weighted by Gasteiger charge is 2.29. The Balaban J connectivity index is 1.97. The molecular formula is C41H63N3O4S2. The molecule has 0 bridgehead atoms. The molecule has 50 heavy (non-hydrogen) atoms. The van der Waals surface area contributed by atoms with Crippen LogP contribution >= 0.6 is 23.5 Å². The quantitative estimate of drug-likeness (QED) is 0.117. The minimum atomic E-state index is -0.320. The van der Waals surface area contributed by atoms with Gasteiger partial charge in [-0.25, -0.2) is 0 Å². The topological polar surface area (TPSA) is 97.6 Å². The van der Waals surface area contributed by atoms with Crippen molar-refractivity contribution in [2.24, 2.45) is 0 Å². The molecule has 0 amide bonds. The molecule has 0 fully saturated rings. The maximum Gasteiger partial charge on any atom is 0.329 e. The number of aromatic hydroxyl groups is 2. The van der Waals surface area contributed by atoms with E-state index in [4.69, 9.17) is 19.4 Å². The van der Waals surface area contributed by atoms with Gasteiger partial charge in [0.25, 0.3) is 0 Å². The van der Waals surface area contributed by atoms with Gasteiger partial charge in [0.1, 0.15) is 23.0 Å². The lowest BCUT2D eigenvalue weighted by atomic mass is 9.79. The third-order valence-electron chi connectivity index (χ3n) is 8.49. The average Bonchev–Trinajstić information content (AvgIpc) is 2.97. The van der Waals surface area contributed by atoms with E-state index in [1.165, 1.54) is 38.5 Å². The first-order valence-electron chi connectivity index (χ1n) is 18.2. The number of ether oxygens (including phenoxy) is 2. The molecular weight excluding hydrogens is 663 g/mol. The van der Waals surface area contributed by atoms with E-state index in [2.05, 4.69) is 95.0 Å². The average molecular weight is 726 g/mol. The summed E-state index contributed by atoms with van der Waals surface area (Å²) in [5.41, 5.74) is 1.87. The van der Waals surface area contributed by atoms with E-state index < -0.39 is 0 Å². The summed E-state index contributed by atoms with van der Waals surface area (Å²) in [5, 5.41) is 23.0. The van der Waals surface area contributed by atoms with Crippen LogP contribution in [0.1, 0.15) is 151 Å². The van der Waals surface area contributed by atoms with Crippen molar-refractivity contribution in [2.75, 3.05) is 17.3 Å². The van der Waals surface area contributed by atoms with Crippen LogP contribution in [-0.4, -0.2) is 42.4 Å². The van der Waals surface area contributed by atoms with Crippen LogP contribution in [0, 0.1) is 0 Å². The minimum absolute atomic E-state index is 0.119. The summed E-state index contributed by atoms with van der Waals surface area (Å²) in [6.07, 6.45) is 7.82. The molecule has 9 heteroatoms. The summed E-state index contributed by atoms with van der Waals surface area (Å²) >= 11 is 3.52. The van der Waals surface area contributed by atoms with Gasteiger partial charge in [0.05, 0.1) is 0 Å². The van der Waals surface area contributed by atoms with Gasteiger partial charge >= 0.3 is 12.0 Å². The number of benzene rings is 2. The first-order chi connectivity index (χ1) is 23.1. The lowest BCUT2D eigenvalue weighted by molar-refractivity contribution is 0.376. The standard InChI is InChI=1S/C41H63N3O4S2/c1-14-15-16-17-18-19-20-49-21-22-50-37-43-35(47-27-23-29(38(2,3)4)33(45)30(24-27)39(5,6)7)42-36(44-37)48-28-25-31(40(8,9)10)34(46)32(26-28)41(11,12)13/h23-26,45-46H,14-22H2,1-13H3. The molecule has 278 valence electrons. The van der Waals surface area contributed by atoms with Gasteiger partial charge in [-0.2, -0.15) is 21.7 Å². The van der Waals surface area contributed by atoms with Gasteiger partial charge in [-0.3, -0.25) is 0 Å². The van der Waals surface area contributed by atoms with Gasteiger partial charge in [0.2, 0.25) is 0 Å². The molecule has 1 heterocycles.